The third-order valence-corrected chi connectivity index (χ3v) is 4.69. The van der Waals surface area contributed by atoms with Gasteiger partial charge in [-0.15, -0.1) is 0 Å². The Morgan fingerprint density at radius 3 is 2.83 bits per heavy atom. The minimum absolute atomic E-state index is 0.0578. The summed E-state index contributed by atoms with van der Waals surface area (Å²) in [6.07, 6.45) is 3.32. The lowest BCUT2D eigenvalue weighted by Crippen LogP contribution is -2.17. The van der Waals surface area contributed by atoms with E-state index in [1.54, 1.807) is 12.1 Å². The molecule has 2 aromatic heterocycles. The quantitative estimate of drug-likeness (QED) is 0.523. The zero-order valence-electron chi connectivity index (χ0n) is 12.7. The molecule has 10 heteroatoms. The second-order valence-corrected chi connectivity index (χ2v) is 7.37. The van der Waals surface area contributed by atoms with Crippen molar-refractivity contribution in [2.75, 3.05) is 15.8 Å². The molecule has 0 aliphatic heterocycles. The van der Waals surface area contributed by atoms with Crippen LogP contribution in [-0.4, -0.2) is 35.6 Å². The van der Waals surface area contributed by atoms with Crippen molar-refractivity contribution in [2.24, 2.45) is 0 Å². The zero-order chi connectivity index (χ0) is 17.7. The largest absolute Gasteiger partial charge is 0.502 e. The molecule has 2 aromatic rings. The number of carbonyl (C=O) groups is 1. The van der Waals surface area contributed by atoms with Gasteiger partial charge in [0.2, 0.25) is 21.5 Å². The van der Waals surface area contributed by atoms with Crippen molar-refractivity contribution < 1.29 is 27.5 Å². The summed E-state index contributed by atoms with van der Waals surface area (Å²) in [5.41, 5.74) is 0.398. The van der Waals surface area contributed by atoms with Crippen LogP contribution in [0.2, 0.25) is 0 Å². The number of nitrogens with zero attached hydrogens (tertiary/aromatic N) is 1. The van der Waals surface area contributed by atoms with Crippen molar-refractivity contribution >= 4 is 37.8 Å². The summed E-state index contributed by atoms with van der Waals surface area (Å²) in [6, 6.07) is 3.22. The number of hydrogen-bond donors (Lipinski definition) is 2. The summed E-state index contributed by atoms with van der Waals surface area (Å²) in [5, 5.41) is 10.8. The number of aromatic hydroxyl groups is 1. The van der Waals surface area contributed by atoms with E-state index in [4.69, 9.17) is 9.15 Å². The summed E-state index contributed by atoms with van der Waals surface area (Å²) >= 11 is 3.15. The number of halogens is 1. The third-order valence-electron chi connectivity index (χ3n) is 2.80. The number of sulfonamides is 1. The van der Waals surface area contributed by atoms with E-state index in [1.807, 2.05) is 0 Å². The maximum Gasteiger partial charge on any atom is 0.308 e. The van der Waals surface area contributed by atoms with Crippen molar-refractivity contribution in [2.45, 2.75) is 13.3 Å². The second kappa shape index (κ2) is 7.67. The molecule has 0 saturated heterocycles. The Kier molecular flexibility index (Phi) is 5.84. The molecular formula is C14H15BrN2O6S. The SMILES string of the molecule is CC(=O)Oc1c(NS(=O)(=O)CCCBr)oc(-c2cccnc2)c1O. The van der Waals surface area contributed by atoms with Gasteiger partial charge in [-0.25, -0.2) is 13.1 Å². The summed E-state index contributed by atoms with van der Waals surface area (Å²) < 4.78 is 36.5. The Bertz CT molecular complexity index is 819. The first-order valence-electron chi connectivity index (χ1n) is 6.85. The van der Waals surface area contributed by atoms with Crippen molar-refractivity contribution in [1.82, 2.24) is 4.98 Å². The number of alkyl halides is 1. The van der Waals surface area contributed by atoms with E-state index >= 15 is 0 Å². The van der Waals surface area contributed by atoms with Gasteiger partial charge in [0, 0.05) is 30.2 Å². The number of esters is 1. The monoisotopic (exact) mass is 418 g/mol. The molecule has 130 valence electrons. The molecule has 0 atom stereocenters. The van der Waals surface area contributed by atoms with Crippen LogP contribution in [0.15, 0.2) is 28.9 Å². The minimum Gasteiger partial charge on any atom is -0.502 e. The second-order valence-electron chi connectivity index (χ2n) is 4.74. The number of ether oxygens (including phenoxy) is 1. The Labute approximate surface area is 147 Å². The van der Waals surface area contributed by atoms with Gasteiger partial charge in [-0.2, -0.15) is 0 Å². The standard InChI is InChI=1S/C14H15BrN2O6S/c1-9(18)22-13-11(19)12(10-4-2-6-16-8-10)23-14(13)17-24(20,21)7-3-5-15/h2,4,6,8,17,19H,3,5,7H2,1H3. The number of furan rings is 1. The molecule has 0 amide bonds. The van der Waals surface area contributed by atoms with Crippen LogP contribution in [0.25, 0.3) is 11.3 Å². The highest BCUT2D eigenvalue weighted by molar-refractivity contribution is 9.09. The Morgan fingerprint density at radius 2 is 2.25 bits per heavy atom. The van der Waals surface area contributed by atoms with E-state index in [9.17, 15) is 18.3 Å². The zero-order valence-corrected chi connectivity index (χ0v) is 15.1. The Hall–Kier alpha value is -2.07. The van der Waals surface area contributed by atoms with Crippen LogP contribution in [-0.2, 0) is 14.8 Å². The van der Waals surface area contributed by atoms with Gasteiger partial charge in [-0.3, -0.25) is 9.78 Å². The average molecular weight is 419 g/mol. The summed E-state index contributed by atoms with van der Waals surface area (Å²) in [4.78, 5) is 15.1. The van der Waals surface area contributed by atoms with Gasteiger partial charge in [0.25, 0.3) is 5.88 Å². The highest BCUT2D eigenvalue weighted by Gasteiger charge is 2.27. The van der Waals surface area contributed by atoms with Crippen LogP contribution in [0.5, 0.6) is 11.5 Å². The van der Waals surface area contributed by atoms with Crippen molar-refractivity contribution in [1.29, 1.82) is 0 Å². The molecule has 2 heterocycles. The lowest BCUT2D eigenvalue weighted by molar-refractivity contribution is -0.131. The topological polar surface area (TPSA) is 119 Å². The number of carbonyl (C=O) groups excluding carboxylic acids is 1. The molecule has 0 fully saturated rings. The third kappa shape index (κ3) is 4.48. The fourth-order valence-corrected chi connectivity index (χ4v) is 3.54. The first kappa shape index (κ1) is 18.3. The van der Waals surface area contributed by atoms with Crippen LogP contribution < -0.4 is 9.46 Å². The van der Waals surface area contributed by atoms with Crippen LogP contribution in [0.1, 0.15) is 13.3 Å². The Morgan fingerprint density at radius 1 is 1.50 bits per heavy atom. The molecule has 0 aromatic carbocycles. The number of pyridine rings is 1. The molecule has 0 bridgehead atoms. The van der Waals surface area contributed by atoms with E-state index in [1.165, 1.54) is 12.4 Å². The van der Waals surface area contributed by atoms with Crippen LogP contribution in [0.3, 0.4) is 0 Å². The molecule has 2 N–H and O–H groups in total. The molecule has 0 saturated carbocycles. The lowest BCUT2D eigenvalue weighted by Gasteiger charge is -2.06. The predicted octanol–water partition coefficient (Wildman–Crippen LogP) is 2.50. The van der Waals surface area contributed by atoms with Gasteiger partial charge >= 0.3 is 5.97 Å². The normalized spacial score (nSPS) is 11.2. The van der Waals surface area contributed by atoms with E-state index in [0.29, 0.717) is 17.3 Å². The number of nitrogens with one attached hydrogen (secondary N) is 1. The highest BCUT2D eigenvalue weighted by atomic mass is 79.9. The van der Waals surface area contributed by atoms with Crippen LogP contribution >= 0.6 is 15.9 Å². The number of rotatable bonds is 7. The van der Waals surface area contributed by atoms with E-state index in [0.717, 1.165) is 6.92 Å². The fraction of sp³-hybridized carbons (Fsp3) is 0.286. The molecule has 0 spiro atoms. The van der Waals surface area contributed by atoms with E-state index in [2.05, 4.69) is 25.6 Å². The predicted molar refractivity (Wildman–Crippen MR) is 90.7 cm³/mol. The summed E-state index contributed by atoms with van der Waals surface area (Å²) in [7, 11) is -3.73. The van der Waals surface area contributed by atoms with Gasteiger partial charge in [0.15, 0.2) is 5.76 Å². The minimum atomic E-state index is -3.73. The van der Waals surface area contributed by atoms with Crippen LogP contribution in [0, 0.1) is 0 Å². The van der Waals surface area contributed by atoms with Gasteiger partial charge in [0.05, 0.1) is 5.75 Å². The first-order valence-corrected chi connectivity index (χ1v) is 9.62. The van der Waals surface area contributed by atoms with Gasteiger partial charge in [0.1, 0.15) is 0 Å². The summed E-state index contributed by atoms with van der Waals surface area (Å²) in [5.74, 6) is -2.19. The smallest absolute Gasteiger partial charge is 0.308 e. The van der Waals surface area contributed by atoms with E-state index in [-0.39, 0.29) is 23.1 Å². The van der Waals surface area contributed by atoms with Crippen molar-refractivity contribution in [3.05, 3.63) is 24.5 Å². The average Bonchev–Trinajstić information content (AvgIpc) is 2.82. The maximum absolute atomic E-state index is 12.0. The number of aromatic nitrogens is 1. The first-order chi connectivity index (χ1) is 11.3. The lowest BCUT2D eigenvalue weighted by atomic mass is 10.2. The Balaban J connectivity index is 2.44. The molecule has 8 nitrogen and oxygen atoms in total. The molecular weight excluding hydrogens is 404 g/mol. The highest BCUT2D eigenvalue weighted by Crippen LogP contribution is 2.46. The maximum atomic E-state index is 12.0. The van der Waals surface area contributed by atoms with Gasteiger partial charge in [-0.1, -0.05) is 15.9 Å². The van der Waals surface area contributed by atoms with Crippen LogP contribution in [0.4, 0.5) is 5.88 Å². The molecule has 2 rings (SSSR count). The van der Waals surface area contributed by atoms with Crippen molar-refractivity contribution in [3.8, 4) is 22.8 Å². The molecule has 0 aliphatic carbocycles. The van der Waals surface area contributed by atoms with E-state index < -0.39 is 21.7 Å². The summed E-state index contributed by atoms with van der Waals surface area (Å²) in [6.45, 7) is 1.12. The number of anilines is 1. The van der Waals surface area contributed by atoms with Gasteiger partial charge in [-0.05, 0) is 18.6 Å². The molecule has 24 heavy (non-hydrogen) atoms. The molecule has 0 radical (unpaired) electrons. The number of hydrogen-bond acceptors (Lipinski definition) is 7. The molecule has 0 unspecified atom stereocenters. The fourth-order valence-electron chi connectivity index (χ4n) is 1.84. The van der Waals surface area contributed by atoms with Gasteiger partial charge < -0.3 is 14.3 Å². The molecule has 0 aliphatic rings. The van der Waals surface area contributed by atoms with Crippen molar-refractivity contribution in [3.63, 3.8) is 0 Å².